The maximum atomic E-state index is 12.9. The summed E-state index contributed by atoms with van der Waals surface area (Å²) in [6.07, 6.45) is 2.94. The van der Waals surface area contributed by atoms with Crippen LogP contribution in [0.5, 0.6) is 0 Å². The van der Waals surface area contributed by atoms with Gasteiger partial charge < -0.3 is 14.8 Å². The zero-order valence-corrected chi connectivity index (χ0v) is 21.5. The molecule has 3 aromatic rings. The zero-order valence-electron chi connectivity index (χ0n) is 18.7. The number of amides is 1. The molecule has 2 heterocycles. The van der Waals surface area contributed by atoms with Gasteiger partial charge in [-0.3, -0.25) is 19.4 Å². The van der Waals surface area contributed by atoms with Crippen molar-refractivity contribution in [3.63, 3.8) is 0 Å². The van der Waals surface area contributed by atoms with Crippen molar-refractivity contribution in [2.24, 2.45) is 4.99 Å². The van der Waals surface area contributed by atoms with Crippen molar-refractivity contribution < 1.29 is 48.7 Å². The van der Waals surface area contributed by atoms with Gasteiger partial charge in [0.25, 0.3) is 11.9 Å². The Kier molecular flexibility index (Phi) is 9.67. The van der Waals surface area contributed by atoms with Crippen molar-refractivity contribution in [2.45, 2.75) is 26.7 Å². The molecule has 1 aliphatic rings. The topological polar surface area (TPSA) is 109 Å². The molecule has 2 N–H and O–H groups in total. The van der Waals surface area contributed by atoms with Crippen LogP contribution < -0.4 is 40.3 Å². The van der Waals surface area contributed by atoms with Crippen LogP contribution in [0.15, 0.2) is 67.8 Å². The molecular weight excluding hydrogens is 451 g/mol. The Bertz CT molecular complexity index is 1280. The molecule has 0 atom stereocenters. The second-order valence-corrected chi connectivity index (χ2v) is 8.22. The third kappa shape index (κ3) is 7.17. The number of carbonyl (C=O) groups is 2. The summed E-state index contributed by atoms with van der Waals surface area (Å²) in [5.74, 6) is -0.821. The number of aliphatic carboxylic acids is 1. The molecule has 0 spiro atoms. The van der Waals surface area contributed by atoms with E-state index in [4.69, 9.17) is 14.3 Å². The summed E-state index contributed by atoms with van der Waals surface area (Å²) in [7, 11) is 0. The van der Waals surface area contributed by atoms with Crippen molar-refractivity contribution in [2.75, 3.05) is 0 Å². The predicted octanol–water partition coefficient (Wildman–Crippen LogP) is 1.70. The fourth-order valence-electron chi connectivity index (χ4n) is 2.81. The van der Waals surface area contributed by atoms with Gasteiger partial charge in [0, 0.05) is 6.92 Å². The van der Waals surface area contributed by atoms with Gasteiger partial charge in [0.2, 0.25) is 0 Å². The number of amidine groups is 1. The van der Waals surface area contributed by atoms with Gasteiger partial charge in [0.1, 0.15) is 11.8 Å². The van der Waals surface area contributed by atoms with Gasteiger partial charge in [0.15, 0.2) is 10.6 Å². The molecule has 2 aromatic carbocycles. The molecule has 1 aromatic heterocycles. The zero-order chi connectivity index (χ0) is 23.3. The van der Waals surface area contributed by atoms with Crippen LogP contribution in [0.2, 0.25) is 0 Å². The minimum Gasteiger partial charge on any atom is -0.481 e. The van der Waals surface area contributed by atoms with E-state index in [1.54, 1.807) is 30.3 Å². The van der Waals surface area contributed by atoms with Gasteiger partial charge in [-0.25, -0.2) is 0 Å². The second kappa shape index (κ2) is 12.0. The molecule has 1 amide bonds. The van der Waals surface area contributed by atoms with Crippen LogP contribution in [-0.4, -0.2) is 22.2 Å². The first-order chi connectivity index (χ1) is 15.2. The number of hydrogen-bond acceptors (Lipinski definition) is 6. The molecule has 0 aliphatic carbocycles. The van der Waals surface area contributed by atoms with E-state index in [0.717, 1.165) is 12.5 Å². The smallest absolute Gasteiger partial charge is 0.481 e. The van der Waals surface area contributed by atoms with Crippen molar-refractivity contribution in [3.8, 4) is 0 Å². The minimum absolute atomic E-state index is 0. The van der Waals surface area contributed by atoms with Gasteiger partial charge >= 0.3 is 29.6 Å². The van der Waals surface area contributed by atoms with Gasteiger partial charge in [-0.05, 0) is 47.1 Å². The number of rotatable bonds is 3. The Labute approximate surface area is 217 Å². The minimum atomic E-state index is -0.833. The van der Waals surface area contributed by atoms with Crippen molar-refractivity contribution in [3.05, 3.63) is 81.0 Å². The second-order valence-electron chi connectivity index (χ2n) is 7.19. The molecule has 1 saturated heterocycles. The fraction of sp³-hybridized carbons (Fsp3) is 0.167. The van der Waals surface area contributed by atoms with Crippen LogP contribution in [0.1, 0.15) is 37.8 Å². The average Bonchev–Trinajstić information content (AvgIpc) is 3.08. The summed E-state index contributed by atoms with van der Waals surface area (Å²) in [5, 5.41) is 11.1. The third-order valence-corrected chi connectivity index (χ3v) is 5.27. The summed E-state index contributed by atoms with van der Waals surface area (Å²) >= 11 is 1.19. The molecule has 9 heteroatoms. The number of fused-ring (bicyclic) bond motifs is 1. The Morgan fingerprint density at radius 2 is 1.88 bits per heavy atom. The molecule has 164 valence electrons. The number of thioether (sulfide) groups is 1. The fourth-order valence-corrected chi connectivity index (χ4v) is 3.65. The van der Waals surface area contributed by atoms with Crippen LogP contribution >= 0.6 is 11.8 Å². The predicted molar refractivity (Wildman–Crippen MR) is 126 cm³/mol. The summed E-state index contributed by atoms with van der Waals surface area (Å²) < 4.78 is 5.61. The summed E-state index contributed by atoms with van der Waals surface area (Å²) in [5.41, 5.74) is 2.49. The summed E-state index contributed by atoms with van der Waals surface area (Å²) in [4.78, 5) is 39.0. The molecule has 0 radical (unpaired) electrons. The van der Waals surface area contributed by atoms with E-state index in [0.29, 0.717) is 38.2 Å². The number of hydrogen-bond donors (Lipinski definition) is 2. The first-order valence-corrected chi connectivity index (χ1v) is 10.6. The number of carboxylic acid groups (broad SMARTS) is 1. The molecule has 4 rings (SSSR count). The molecule has 0 unspecified atom stereocenters. The first kappa shape index (κ1) is 26.6. The van der Waals surface area contributed by atoms with Crippen LogP contribution in [0.3, 0.4) is 0 Å². The number of nitrogens with one attached hydrogen (secondary N) is 1. The average molecular weight is 472 g/mol. The number of carboxylic acids is 1. The first-order valence-electron chi connectivity index (χ1n) is 9.75. The van der Waals surface area contributed by atoms with E-state index >= 15 is 0 Å². The molecule has 0 bridgehead atoms. The van der Waals surface area contributed by atoms with Crippen LogP contribution in [0, 0.1) is 6.07 Å². The molecular formula is C24H21N2NaO5S. The van der Waals surface area contributed by atoms with Crippen molar-refractivity contribution in [1.82, 2.24) is 5.32 Å². The van der Waals surface area contributed by atoms with Gasteiger partial charge in [-0.15, -0.1) is 12.1 Å². The quantitative estimate of drug-likeness (QED) is 0.341. The maximum Gasteiger partial charge on any atom is 1.00 e. The number of benzene rings is 2. The van der Waals surface area contributed by atoms with E-state index in [1.807, 2.05) is 18.2 Å². The van der Waals surface area contributed by atoms with Crippen molar-refractivity contribution in [1.29, 1.82) is 0 Å². The van der Waals surface area contributed by atoms with Gasteiger partial charge in [-0.2, -0.15) is 18.2 Å². The van der Waals surface area contributed by atoms with Crippen LogP contribution in [0.25, 0.3) is 17.0 Å². The van der Waals surface area contributed by atoms with E-state index in [-0.39, 0.29) is 40.9 Å². The maximum absolute atomic E-state index is 12.9. The Morgan fingerprint density at radius 1 is 1.21 bits per heavy atom. The SMILES string of the molecule is CC(=O)O.CC(C)c1ccc2occ(/C=C3/SC(=Nc4cc[c-]cc4)NC3=O)c(=O)c2c1.[Na+]. The van der Waals surface area contributed by atoms with E-state index in [1.165, 1.54) is 18.0 Å². The Morgan fingerprint density at radius 3 is 2.52 bits per heavy atom. The standard InChI is InChI=1S/C22H17N2O3S.C2H4O2.Na/c1-13(2)14-8-9-18-17(10-14)20(25)15(12-27-18)11-19-21(26)24-22(28-19)23-16-6-4-3-5-7-16;1-2(3)4;/h4-13H,1-2H3,(H,23,24,26);1H3,(H,3,4);/q-1;;+1/b19-11+;;. The van der Waals surface area contributed by atoms with Crippen LogP contribution in [-0.2, 0) is 9.59 Å². The Balaban J connectivity index is 0.000000714. The number of nitrogens with zero attached hydrogens (tertiary/aromatic N) is 1. The molecule has 1 fully saturated rings. The summed E-state index contributed by atoms with van der Waals surface area (Å²) in [6, 6.07) is 15.6. The molecule has 1 aliphatic heterocycles. The largest absolute Gasteiger partial charge is 1.00 e. The number of carbonyl (C=O) groups excluding carboxylic acids is 1. The molecule has 7 nitrogen and oxygen atoms in total. The molecule has 33 heavy (non-hydrogen) atoms. The van der Waals surface area contributed by atoms with Gasteiger partial charge in [0.05, 0.1) is 15.9 Å². The van der Waals surface area contributed by atoms with Crippen LogP contribution in [0.4, 0.5) is 5.69 Å². The third-order valence-electron chi connectivity index (χ3n) is 4.36. The Hall–Kier alpha value is -2.65. The van der Waals surface area contributed by atoms with E-state index in [2.05, 4.69) is 30.2 Å². The van der Waals surface area contributed by atoms with Crippen molar-refractivity contribution >= 4 is 51.5 Å². The summed E-state index contributed by atoms with van der Waals surface area (Å²) in [6.45, 7) is 5.22. The molecule has 0 saturated carbocycles. The van der Waals surface area contributed by atoms with E-state index in [9.17, 15) is 9.59 Å². The van der Waals surface area contributed by atoms with E-state index < -0.39 is 5.97 Å². The monoisotopic (exact) mass is 472 g/mol. The number of aliphatic imine (C=N–C) groups is 1. The normalized spacial score (nSPS) is 15.2. The van der Waals surface area contributed by atoms with Gasteiger partial charge in [-0.1, -0.05) is 19.9 Å².